The van der Waals surface area contributed by atoms with Gasteiger partial charge in [-0.25, -0.2) is 0 Å². The van der Waals surface area contributed by atoms with Gasteiger partial charge in [0.15, 0.2) is 22.5 Å². The zero-order valence-electron chi connectivity index (χ0n) is 2.06. The number of hydrogen-bond acceptors (Lipinski definition) is 1. The van der Waals surface area contributed by atoms with E-state index in [1.165, 1.54) is 0 Å². The molecule has 0 heterocycles. The predicted octanol–water partition coefficient (Wildman–Crippen LogP) is -2.00. The van der Waals surface area contributed by atoms with Crippen LogP contribution in [0.5, 0.6) is 0 Å². The summed E-state index contributed by atoms with van der Waals surface area (Å²) in [6.45, 7) is 0. The van der Waals surface area contributed by atoms with E-state index in [2.05, 4.69) is 23.7 Å². The Bertz CT molecular complexity index is 32.6. The van der Waals surface area contributed by atoms with Crippen molar-refractivity contribution >= 4 is 34.7 Å². The fourth-order valence-corrected chi connectivity index (χ4v) is 0. The second-order valence-corrected chi connectivity index (χ2v) is 0.874. The summed E-state index contributed by atoms with van der Waals surface area (Å²) in [6, 6.07) is 0. The lowest BCUT2D eigenvalue weighted by Crippen LogP contribution is -2.18. The standard InChI is InChI=1S/CH4N2S.Al.3H/c2-1(3)4;;;;/h(H4,2,3,4);;;;. The highest BCUT2D eigenvalue weighted by atomic mass is 32.1. The molecule has 0 bridgehead atoms. The minimum Gasteiger partial charge on any atom is -0.377 e. The quantitative estimate of drug-likeness (QED) is 0.277. The van der Waals surface area contributed by atoms with Crippen LogP contribution in [-0.4, -0.2) is 22.5 Å². The Hall–Kier alpha value is 0.222. The summed E-state index contributed by atoms with van der Waals surface area (Å²) < 4.78 is 0. The fourth-order valence-electron chi connectivity index (χ4n) is 0. The van der Waals surface area contributed by atoms with Gasteiger partial charge in [-0.3, -0.25) is 0 Å². The Kier molecular flexibility index (Phi) is 7.57. The van der Waals surface area contributed by atoms with Gasteiger partial charge >= 0.3 is 0 Å². The third-order valence-electron chi connectivity index (χ3n) is 0. The van der Waals surface area contributed by atoms with Crippen LogP contribution in [0.2, 0.25) is 0 Å². The summed E-state index contributed by atoms with van der Waals surface area (Å²) in [6.07, 6.45) is 0. The molecule has 0 aromatic rings. The minimum absolute atomic E-state index is 0. The van der Waals surface area contributed by atoms with Crippen molar-refractivity contribution in [3.05, 3.63) is 0 Å². The third kappa shape index (κ3) is 421. The topological polar surface area (TPSA) is 52.0 Å². The lowest BCUT2D eigenvalue weighted by molar-refractivity contribution is 1.65. The first kappa shape index (κ1) is 8.97. The molecule has 0 aliphatic heterocycles. The molecule has 0 aliphatic rings. The normalized spacial score (nSPS) is 4.80. The third-order valence-corrected chi connectivity index (χ3v) is 0. The summed E-state index contributed by atoms with van der Waals surface area (Å²) in [5, 5.41) is 0.000000000000000222. The molecule has 0 saturated heterocycles. The zero-order chi connectivity index (χ0) is 3.58. The molecule has 0 fully saturated rings. The Morgan fingerprint density at radius 3 is 1.40 bits per heavy atom. The lowest BCUT2D eigenvalue weighted by atomic mass is 11.3. The van der Waals surface area contributed by atoms with E-state index in [4.69, 9.17) is 0 Å². The van der Waals surface area contributed by atoms with E-state index in [0.29, 0.717) is 0 Å². The second kappa shape index (κ2) is 4.22. The highest BCUT2D eigenvalue weighted by molar-refractivity contribution is 7.80. The van der Waals surface area contributed by atoms with Gasteiger partial charge < -0.3 is 11.5 Å². The van der Waals surface area contributed by atoms with Crippen LogP contribution in [0.25, 0.3) is 0 Å². The summed E-state index contributed by atoms with van der Waals surface area (Å²) >= 11 is 4.09. The Balaban J connectivity index is 0. The molecule has 0 aliphatic carbocycles. The monoisotopic (exact) mass is 106 g/mol. The predicted molar refractivity (Wildman–Crippen MR) is 30.9 cm³/mol. The van der Waals surface area contributed by atoms with Gasteiger partial charge in [-0.2, -0.15) is 0 Å². The molecule has 4 heteroatoms. The highest BCUT2D eigenvalue weighted by Crippen LogP contribution is 1.32. The summed E-state index contributed by atoms with van der Waals surface area (Å²) in [4.78, 5) is 0. The first-order valence-electron chi connectivity index (χ1n) is 0.781. The maximum atomic E-state index is 4.62. The van der Waals surface area contributed by atoms with Crippen molar-refractivity contribution < 1.29 is 0 Å². The number of hydrogen-bond donors (Lipinski definition) is 2. The molecule has 0 rings (SSSR count). The van der Waals surface area contributed by atoms with Crippen LogP contribution < -0.4 is 11.5 Å². The van der Waals surface area contributed by atoms with Crippen molar-refractivity contribution in [1.29, 1.82) is 0 Å². The molecule has 0 saturated carbocycles. The maximum absolute atomic E-state index is 4.62. The van der Waals surface area contributed by atoms with Crippen molar-refractivity contribution in [1.82, 2.24) is 0 Å². The second-order valence-electron chi connectivity index (χ2n) is 0.402. The van der Waals surface area contributed by atoms with Gasteiger partial charge in [0.05, 0.1) is 0 Å². The van der Waals surface area contributed by atoms with Crippen molar-refractivity contribution in [2.45, 2.75) is 0 Å². The fraction of sp³-hybridized carbons (Fsp3) is 0. The van der Waals surface area contributed by atoms with Crippen LogP contribution >= 0.6 is 12.2 Å². The van der Waals surface area contributed by atoms with E-state index in [1.54, 1.807) is 0 Å². The van der Waals surface area contributed by atoms with E-state index in [9.17, 15) is 0 Å². The van der Waals surface area contributed by atoms with Crippen molar-refractivity contribution in [2.75, 3.05) is 0 Å². The van der Waals surface area contributed by atoms with E-state index in [0.717, 1.165) is 0 Å². The molecule has 4 N–H and O–H groups in total. The lowest BCUT2D eigenvalue weighted by Gasteiger charge is -1.68. The van der Waals surface area contributed by atoms with Crippen LogP contribution in [0.1, 0.15) is 0 Å². The van der Waals surface area contributed by atoms with Gasteiger partial charge in [0.25, 0.3) is 0 Å². The molecule has 0 aromatic carbocycles. The van der Waals surface area contributed by atoms with Gasteiger partial charge in [0.2, 0.25) is 0 Å². The van der Waals surface area contributed by atoms with Crippen molar-refractivity contribution in [3.8, 4) is 0 Å². The Labute approximate surface area is 46.7 Å². The van der Waals surface area contributed by atoms with Gasteiger partial charge in [0, 0.05) is 0 Å². The molecule has 2 nitrogen and oxygen atoms in total. The van der Waals surface area contributed by atoms with E-state index < -0.39 is 0 Å². The average molecular weight is 106 g/mol. The van der Waals surface area contributed by atoms with Crippen molar-refractivity contribution in [2.24, 2.45) is 11.5 Å². The average Bonchev–Trinajstić information content (AvgIpc) is 0.811. The molecule has 0 amide bonds. The molecule has 0 aromatic heterocycles. The van der Waals surface area contributed by atoms with Crippen LogP contribution in [0.4, 0.5) is 0 Å². The van der Waals surface area contributed by atoms with Gasteiger partial charge in [0.1, 0.15) is 0 Å². The van der Waals surface area contributed by atoms with Gasteiger partial charge in [-0.1, -0.05) is 0 Å². The molecule has 0 atom stereocenters. The van der Waals surface area contributed by atoms with E-state index >= 15 is 0 Å². The van der Waals surface area contributed by atoms with Crippen LogP contribution in [0.15, 0.2) is 0 Å². The maximum Gasteiger partial charge on any atom is 0.187 e. The van der Waals surface area contributed by atoms with Crippen molar-refractivity contribution in [3.63, 3.8) is 0 Å². The number of rotatable bonds is 0. The SMILES string of the molecule is NC(N)=S.[AlH3]. The Morgan fingerprint density at radius 2 is 1.40 bits per heavy atom. The van der Waals surface area contributed by atoms with Gasteiger partial charge in [-0.05, 0) is 12.2 Å². The summed E-state index contributed by atoms with van der Waals surface area (Å²) in [5.74, 6) is 0. The molecule has 0 spiro atoms. The summed E-state index contributed by atoms with van der Waals surface area (Å²) in [7, 11) is 0. The van der Waals surface area contributed by atoms with E-state index in [1.807, 2.05) is 0 Å². The largest absolute Gasteiger partial charge is 0.377 e. The Morgan fingerprint density at radius 1 is 1.40 bits per heavy atom. The molecular weight excluding hydrogens is 99.1 g/mol. The first-order chi connectivity index (χ1) is 1.73. The molecule has 0 unspecified atom stereocenters. The zero-order valence-corrected chi connectivity index (χ0v) is 2.88. The molecular formula is CH7AlN2S. The molecule has 30 valence electrons. The van der Waals surface area contributed by atoms with E-state index in [-0.39, 0.29) is 22.5 Å². The molecule has 0 radical (unpaired) electrons. The molecule has 5 heavy (non-hydrogen) atoms. The smallest absolute Gasteiger partial charge is 0.187 e. The van der Waals surface area contributed by atoms with Gasteiger partial charge in [-0.15, -0.1) is 0 Å². The number of nitrogens with two attached hydrogens (primary N) is 2. The minimum atomic E-state index is 0. The van der Waals surface area contributed by atoms with Crippen LogP contribution in [0, 0.1) is 0 Å². The van der Waals surface area contributed by atoms with Crippen LogP contribution in [0.3, 0.4) is 0 Å². The highest BCUT2D eigenvalue weighted by Gasteiger charge is 1.53. The van der Waals surface area contributed by atoms with Crippen LogP contribution in [-0.2, 0) is 0 Å². The number of thiocarbonyl (C=S) groups is 1. The first-order valence-corrected chi connectivity index (χ1v) is 1.19. The summed E-state index contributed by atoms with van der Waals surface area (Å²) in [5.41, 5.74) is 9.24.